The lowest BCUT2D eigenvalue weighted by Gasteiger charge is -2.26. The summed E-state index contributed by atoms with van der Waals surface area (Å²) in [5, 5.41) is 0. The number of carbonyl (C=O) groups excluding carboxylic acids is 1. The molecule has 0 aromatic rings. The highest BCUT2D eigenvalue weighted by atomic mass is 16.6. The van der Waals surface area contributed by atoms with E-state index in [2.05, 4.69) is 4.90 Å². The van der Waals surface area contributed by atoms with Crippen molar-refractivity contribution in [2.24, 2.45) is 0 Å². The van der Waals surface area contributed by atoms with Crippen LogP contribution in [-0.2, 0) is 4.74 Å². The van der Waals surface area contributed by atoms with Gasteiger partial charge in [0, 0.05) is 13.1 Å². The molecule has 1 amide bonds. The summed E-state index contributed by atoms with van der Waals surface area (Å²) in [5.41, 5.74) is -0.411. The minimum Gasteiger partial charge on any atom is -0.444 e. The maximum Gasteiger partial charge on any atom is 0.410 e. The first-order chi connectivity index (χ1) is 7.26. The zero-order valence-corrected chi connectivity index (χ0v) is 11.5. The van der Waals surface area contributed by atoms with Crippen LogP contribution in [-0.4, -0.2) is 55.2 Å². The van der Waals surface area contributed by atoms with Crippen molar-refractivity contribution in [2.75, 3.05) is 33.7 Å². The van der Waals surface area contributed by atoms with Crippen molar-refractivity contribution in [3.05, 3.63) is 0 Å². The first kappa shape index (κ1) is 15.2. The van der Waals surface area contributed by atoms with Crippen molar-refractivity contribution < 1.29 is 9.53 Å². The maximum atomic E-state index is 11.8. The predicted octanol–water partition coefficient (Wildman–Crippen LogP) is 2.20. The van der Waals surface area contributed by atoms with Crippen LogP contribution in [0.2, 0.25) is 0 Å². The van der Waals surface area contributed by atoms with Crippen molar-refractivity contribution in [1.82, 2.24) is 9.80 Å². The minimum absolute atomic E-state index is 0.214. The van der Waals surface area contributed by atoms with Crippen LogP contribution in [0.25, 0.3) is 0 Å². The lowest BCUT2D eigenvalue weighted by molar-refractivity contribution is 0.0255. The van der Waals surface area contributed by atoms with E-state index in [4.69, 9.17) is 4.74 Å². The molecule has 0 aromatic heterocycles. The van der Waals surface area contributed by atoms with Gasteiger partial charge in [-0.2, -0.15) is 0 Å². The second-order valence-electron chi connectivity index (χ2n) is 5.22. The molecule has 16 heavy (non-hydrogen) atoms. The van der Waals surface area contributed by atoms with E-state index in [1.54, 1.807) is 4.90 Å². The first-order valence-electron chi connectivity index (χ1n) is 5.89. The van der Waals surface area contributed by atoms with E-state index >= 15 is 0 Å². The third kappa shape index (κ3) is 7.51. The minimum atomic E-state index is -0.411. The van der Waals surface area contributed by atoms with Crippen LogP contribution in [0, 0.1) is 0 Å². The van der Waals surface area contributed by atoms with Gasteiger partial charge in [0.15, 0.2) is 0 Å². The SMILES string of the molecule is CCN(CCCN(C)C)C(=O)OC(C)(C)C. The Balaban J connectivity index is 4.02. The van der Waals surface area contributed by atoms with E-state index in [0.717, 1.165) is 19.5 Å². The number of ether oxygens (including phenoxy) is 1. The van der Waals surface area contributed by atoms with Crippen molar-refractivity contribution in [1.29, 1.82) is 0 Å². The molecular weight excluding hydrogens is 204 g/mol. The lowest BCUT2D eigenvalue weighted by Crippen LogP contribution is -2.38. The molecule has 0 saturated heterocycles. The molecule has 96 valence electrons. The van der Waals surface area contributed by atoms with Crippen molar-refractivity contribution in [3.63, 3.8) is 0 Å². The van der Waals surface area contributed by atoms with Gasteiger partial charge >= 0.3 is 6.09 Å². The van der Waals surface area contributed by atoms with Crippen LogP contribution in [0.4, 0.5) is 4.79 Å². The van der Waals surface area contributed by atoms with Gasteiger partial charge < -0.3 is 14.5 Å². The average molecular weight is 230 g/mol. The highest BCUT2D eigenvalue weighted by Crippen LogP contribution is 2.10. The third-order valence-corrected chi connectivity index (χ3v) is 2.07. The van der Waals surface area contributed by atoms with Crippen LogP contribution < -0.4 is 0 Å². The fraction of sp³-hybridized carbons (Fsp3) is 0.917. The number of hydrogen-bond donors (Lipinski definition) is 0. The fourth-order valence-electron chi connectivity index (χ4n) is 1.28. The van der Waals surface area contributed by atoms with Gasteiger partial charge in [0.1, 0.15) is 5.60 Å². The van der Waals surface area contributed by atoms with Gasteiger partial charge in [0.25, 0.3) is 0 Å². The molecular formula is C12H26N2O2. The second kappa shape index (κ2) is 6.74. The zero-order valence-electron chi connectivity index (χ0n) is 11.5. The average Bonchev–Trinajstić information content (AvgIpc) is 2.08. The topological polar surface area (TPSA) is 32.8 Å². The Kier molecular flexibility index (Phi) is 6.41. The Morgan fingerprint density at radius 3 is 2.12 bits per heavy atom. The smallest absolute Gasteiger partial charge is 0.410 e. The zero-order chi connectivity index (χ0) is 12.8. The molecule has 0 aliphatic carbocycles. The van der Waals surface area contributed by atoms with Gasteiger partial charge in [-0.25, -0.2) is 4.79 Å². The molecule has 0 unspecified atom stereocenters. The summed E-state index contributed by atoms with van der Waals surface area (Å²) in [6.07, 6.45) is 0.758. The number of amides is 1. The van der Waals surface area contributed by atoms with Crippen molar-refractivity contribution >= 4 is 6.09 Å². The summed E-state index contributed by atoms with van der Waals surface area (Å²) < 4.78 is 5.32. The fourth-order valence-corrected chi connectivity index (χ4v) is 1.28. The summed E-state index contributed by atoms with van der Waals surface area (Å²) >= 11 is 0. The van der Waals surface area contributed by atoms with Crippen LogP contribution in [0.5, 0.6) is 0 Å². The van der Waals surface area contributed by atoms with Gasteiger partial charge in [-0.15, -0.1) is 0 Å². The second-order valence-corrected chi connectivity index (χ2v) is 5.22. The molecule has 0 heterocycles. The van der Waals surface area contributed by atoms with E-state index < -0.39 is 5.60 Å². The van der Waals surface area contributed by atoms with Crippen molar-refractivity contribution in [2.45, 2.75) is 39.7 Å². The van der Waals surface area contributed by atoms with Crippen LogP contribution >= 0.6 is 0 Å². The summed E-state index contributed by atoms with van der Waals surface area (Å²) in [4.78, 5) is 15.6. The number of carbonyl (C=O) groups is 1. The molecule has 0 rings (SSSR count). The van der Waals surface area contributed by atoms with Crippen LogP contribution in [0.15, 0.2) is 0 Å². The molecule has 0 aliphatic heterocycles. The number of nitrogens with zero attached hydrogens (tertiary/aromatic N) is 2. The molecule has 0 spiro atoms. The van der Waals surface area contributed by atoms with E-state index in [1.165, 1.54) is 0 Å². The summed E-state index contributed by atoms with van der Waals surface area (Å²) in [6.45, 7) is 10.1. The maximum absolute atomic E-state index is 11.8. The Morgan fingerprint density at radius 1 is 1.19 bits per heavy atom. The highest BCUT2D eigenvalue weighted by Gasteiger charge is 2.20. The Labute approximate surface area is 99.5 Å². The number of rotatable bonds is 5. The monoisotopic (exact) mass is 230 g/mol. The van der Waals surface area contributed by atoms with E-state index in [1.807, 2.05) is 41.8 Å². The normalized spacial score (nSPS) is 11.7. The molecule has 0 aliphatic rings. The Morgan fingerprint density at radius 2 is 1.75 bits per heavy atom. The molecule has 4 heteroatoms. The molecule has 0 aromatic carbocycles. The van der Waals surface area contributed by atoms with Gasteiger partial charge in [0.2, 0.25) is 0 Å². The molecule has 0 N–H and O–H groups in total. The van der Waals surface area contributed by atoms with Gasteiger partial charge in [-0.3, -0.25) is 0 Å². The first-order valence-corrected chi connectivity index (χ1v) is 5.89. The van der Waals surface area contributed by atoms with E-state index in [0.29, 0.717) is 6.54 Å². The van der Waals surface area contributed by atoms with Crippen LogP contribution in [0.3, 0.4) is 0 Å². The van der Waals surface area contributed by atoms with Crippen molar-refractivity contribution in [3.8, 4) is 0 Å². The molecule has 0 fully saturated rings. The predicted molar refractivity (Wildman–Crippen MR) is 66.7 cm³/mol. The summed E-state index contributed by atoms with van der Waals surface area (Å²) in [5.74, 6) is 0. The van der Waals surface area contributed by atoms with E-state index in [-0.39, 0.29) is 6.09 Å². The lowest BCUT2D eigenvalue weighted by atomic mass is 10.2. The quantitative estimate of drug-likeness (QED) is 0.726. The largest absolute Gasteiger partial charge is 0.444 e. The highest BCUT2D eigenvalue weighted by molar-refractivity contribution is 5.68. The number of hydrogen-bond acceptors (Lipinski definition) is 3. The molecule has 0 radical (unpaired) electrons. The van der Waals surface area contributed by atoms with Gasteiger partial charge in [-0.1, -0.05) is 0 Å². The molecule has 0 saturated carbocycles. The van der Waals surface area contributed by atoms with Crippen LogP contribution in [0.1, 0.15) is 34.1 Å². The Hall–Kier alpha value is -0.770. The summed E-state index contributed by atoms with van der Waals surface area (Å²) in [6, 6.07) is 0. The van der Waals surface area contributed by atoms with Gasteiger partial charge in [-0.05, 0) is 54.8 Å². The van der Waals surface area contributed by atoms with Gasteiger partial charge in [0.05, 0.1) is 0 Å². The Bertz CT molecular complexity index is 210. The standard InChI is InChI=1S/C12H26N2O2/c1-7-14(10-8-9-13(5)6)11(15)16-12(2,3)4/h7-10H2,1-6H3. The van der Waals surface area contributed by atoms with E-state index in [9.17, 15) is 4.79 Å². The summed E-state index contributed by atoms with van der Waals surface area (Å²) in [7, 11) is 4.06. The molecule has 4 nitrogen and oxygen atoms in total. The molecule has 0 bridgehead atoms. The molecule has 0 atom stereocenters. The third-order valence-electron chi connectivity index (χ3n) is 2.07.